The van der Waals surface area contributed by atoms with Gasteiger partial charge in [0.15, 0.2) is 0 Å². The van der Waals surface area contributed by atoms with Crippen LogP contribution in [0.5, 0.6) is 0 Å². The molecular weight excluding hydrogens is 130 g/mol. The SMILES string of the molecule is Cn1ccc(CNC=O)n1. The van der Waals surface area contributed by atoms with E-state index in [1.807, 2.05) is 19.3 Å². The molecule has 1 amide bonds. The van der Waals surface area contributed by atoms with Crippen molar-refractivity contribution in [1.82, 2.24) is 15.1 Å². The van der Waals surface area contributed by atoms with Crippen LogP contribution >= 0.6 is 0 Å². The minimum atomic E-state index is 0.504. The first kappa shape index (κ1) is 6.80. The van der Waals surface area contributed by atoms with E-state index in [4.69, 9.17) is 0 Å². The molecule has 4 heteroatoms. The maximum atomic E-state index is 9.84. The van der Waals surface area contributed by atoms with Crippen LogP contribution in [0.25, 0.3) is 0 Å². The second kappa shape index (κ2) is 3.00. The fraction of sp³-hybridized carbons (Fsp3) is 0.333. The average molecular weight is 139 g/mol. The number of amides is 1. The fourth-order valence-corrected chi connectivity index (χ4v) is 0.704. The molecule has 1 heterocycles. The molecule has 0 radical (unpaired) electrons. The quantitative estimate of drug-likeness (QED) is 0.583. The molecule has 0 atom stereocenters. The summed E-state index contributed by atoms with van der Waals surface area (Å²) in [6.07, 6.45) is 2.50. The topological polar surface area (TPSA) is 46.9 Å². The first-order valence-electron chi connectivity index (χ1n) is 2.98. The van der Waals surface area contributed by atoms with Crippen LogP contribution in [0, 0.1) is 0 Å². The van der Waals surface area contributed by atoms with Gasteiger partial charge in [-0.05, 0) is 6.07 Å². The van der Waals surface area contributed by atoms with E-state index in [2.05, 4.69) is 10.4 Å². The standard InChI is InChI=1S/C6H9N3O/c1-9-3-2-6(8-9)4-7-5-10/h2-3,5H,4H2,1H3,(H,7,10). The van der Waals surface area contributed by atoms with E-state index in [9.17, 15) is 4.79 Å². The Morgan fingerprint density at radius 3 is 3.20 bits per heavy atom. The zero-order chi connectivity index (χ0) is 7.40. The van der Waals surface area contributed by atoms with E-state index in [1.165, 1.54) is 0 Å². The minimum Gasteiger partial charge on any atom is -0.353 e. The molecule has 0 saturated carbocycles. The lowest BCUT2D eigenvalue weighted by atomic mass is 10.4. The number of aromatic nitrogens is 2. The Morgan fingerprint density at radius 2 is 2.70 bits per heavy atom. The first-order chi connectivity index (χ1) is 4.83. The van der Waals surface area contributed by atoms with Crippen molar-refractivity contribution in [2.75, 3.05) is 0 Å². The van der Waals surface area contributed by atoms with E-state index in [-0.39, 0.29) is 0 Å². The summed E-state index contributed by atoms with van der Waals surface area (Å²) in [6.45, 7) is 0.504. The fourth-order valence-electron chi connectivity index (χ4n) is 0.704. The third-order valence-electron chi connectivity index (χ3n) is 1.14. The molecule has 0 aliphatic heterocycles. The molecule has 10 heavy (non-hydrogen) atoms. The number of nitrogens with one attached hydrogen (secondary N) is 1. The van der Waals surface area contributed by atoms with Crippen LogP contribution in [0.2, 0.25) is 0 Å². The number of carbonyl (C=O) groups excluding carboxylic acids is 1. The highest BCUT2D eigenvalue weighted by Crippen LogP contribution is 1.91. The van der Waals surface area contributed by atoms with Gasteiger partial charge in [-0.2, -0.15) is 5.10 Å². The van der Waals surface area contributed by atoms with Crippen LogP contribution < -0.4 is 5.32 Å². The largest absolute Gasteiger partial charge is 0.353 e. The highest BCUT2D eigenvalue weighted by molar-refractivity contribution is 5.45. The molecule has 0 bridgehead atoms. The summed E-state index contributed by atoms with van der Waals surface area (Å²) < 4.78 is 1.70. The summed E-state index contributed by atoms with van der Waals surface area (Å²) in [5, 5.41) is 6.56. The van der Waals surface area contributed by atoms with E-state index in [0.29, 0.717) is 13.0 Å². The highest BCUT2D eigenvalue weighted by atomic mass is 16.1. The predicted octanol–water partition coefficient (Wildman–Crippen LogP) is -0.334. The van der Waals surface area contributed by atoms with Crippen LogP contribution in [-0.2, 0) is 18.4 Å². The number of carbonyl (C=O) groups is 1. The van der Waals surface area contributed by atoms with Crippen molar-refractivity contribution in [3.63, 3.8) is 0 Å². The van der Waals surface area contributed by atoms with Gasteiger partial charge in [0.05, 0.1) is 12.2 Å². The van der Waals surface area contributed by atoms with E-state index in [1.54, 1.807) is 4.68 Å². The Morgan fingerprint density at radius 1 is 1.90 bits per heavy atom. The van der Waals surface area contributed by atoms with Gasteiger partial charge in [-0.25, -0.2) is 0 Å². The van der Waals surface area contributed by atoms with Gasteiger partial charge in [-0.3, -0.25) is 9.48 Å². The summed E-state index contributed by atoms with van der Waals surface area (Å²) in [4.78, 5) is 9.84. The molecule has 1 aromatic rings. The van der Waals surface area contributed by atoms with Gasteiger partial charge in [0, 0.05) is 13.2 Å². The van der Waals surface area contributed by atoms with Crippen molar-refractivity contribution < 1.29 is 4.79 Å². The van der Waals surface area contributed by atoms with Crippen LogP contribution in [0.3, 0.4) is 0 Å². The van der Waals surface area contributed by atoms with E-state index in [0.717, 1.165) is 5.69 Å². The van der Waals surface area contributed by atoms with Gasteiger partial charge in [0.1, 0.15) is 0 Å². The first-order valence-corrected chi connectivity index (χ1v) is 2.98. The number of nitrogens with zero attached hydrogens (tertiary/aromatic N) is 2. The van der Waals surface area contributed by atoms with Crippen molar-refractivity contribution in [1.29, 1.82) is 0 Å². The Labute approximate surface area is 58.8 Å². The summed E-state index contributed by atoms with van der Waals surface area (Å²) in [7, 11) is 1.84. The maximum absolute atomic E-state index is 9.84. The Kier molecular flexibility index (Phi) is 2.04. The number of rotatable bonds is 3. The van der Waals surface area contributed by atoms with Crippen molar-refractivity contribution in [2.45, 2.75) is 6.54 Å². The lowest BCUT2D eigenvalue weighted by Crippen LogP contribution is -2.10. The van der Waals surface area contributed by atoms with Crippen LogP contribution in [0.1, 0.15) is 5.69 Å². The van der Waals surface area contributed by atoms with Crippen LogP contribution in [0.15, 0.2) is 12.3 Å². The lowest BCUT2D eigenvalue weighted by Gasteiger charge is -1.90. The monoisotopic (exact) mass is 139 g/mol. The number of hydrogen-bond donors (Lipinski definition) is 1. The molecule has 4 nitrogen and oxygen atoms in total. The van der Waals surface area contributed by atoms with Gasteiger partial charge in [-0.15, -0.1) is 0 Å². The van der Waals surface area contributed by atoms with Gasteiger partial charge in [0.25, 0.3) is 0 Å². The van der Waals surface area contributed by atoms with Crippen molar-refractivity contribution in [3.8, 4) is 0 Å². The molecule has 0 aliphatic carbocycles. The average Bonchev–Trinajstić information content (AvgIpc) is 2.31. The smallest absolute Gasteiger partial charge is 0.207 e. The van der Waals surface area contributed by atoms with Gasteiger partial charge >= 0.3 is 0 Å². The van der Waals surface area contributed by atoms with Crippen molar-refractivity contribution in [3.05, 3.63) is 18.0 Å². The summed E-state index contributed by atoms with van der Waals surface area (Å²) in [5.74, 6) is 0. The molecule has 1 aromatic heterocycles. The summed E-state index contributed by atoms with van der Waals surface area (Å²) >= 11 is 0. The third-order valence-corrected chi connectivity index (χ3v) is 1.14. The Bertz CT molecular complexity index is 219. The zero-order valence-electron chi connectivity index (χ0n) is 5.74. The molecule has 0 unspecified atom stereocenters. The molecule has 0 aromatic carbocycles. The Balaban J connectivity index is 2.49. The highest BCUT2D eigenvalue weighted by Gasteiger charge is 1.92. The molecule has 0 saturated heterocycles. The summed E-state index contributed by atoms with van der Waals surface area (Å²) in [6, 6.07) is 1.86. The van der Waals surface area contributed by atoms with Crippen molar-refractivity contribution >= 4 is 6.41 Å². The summed E-state index contributed by atoms with van der Waals surface area (Å²) in [5.41, 5.74) is 0.870. The van der Waals surface area contributed by atoms with Crippen LogP contribution in [0.4, 0.5) is 0 Å². The molecule has 0 fully saturated rings. The van der Waals surface area contributed by atoms with Crippen molar-refractivity contribution in [2.24, 2.45) is 7.05 Å². The second-order valence-electron chi connectivity index (χ2n) is 1.98. The third kappa shape index (κ3) is 1.58. The number of aryl methyl sites for hydroxylation is 1. The molecule has 1 rings (SSSR count). The molecule has 0 aliphatic rings. The second-order valence-corrected chi connectivity index (χ2v) is 1.98. The minimum absolute atomic E-state index is 0.504. The maximum Gasteiger partial charge on any atom is 0.207 e. The molecular formula is C6H9N3O. The van der Waals surface area contributed by atoms with Gasteiger partial charge < -0.3 is 5.32 Å². The van der Waals surface area contributed by atoms with E-state index >= 15 is 0 Å². The zero-order valence-corrected chi connectivity index (χ0v) is 5.74. The molecule has 54 valence electrons. The Hall–Kier alpha value is -1.32. The predicted molar refractivity (Wildman–Crippen MR) is 36.1 cm³/mol. The molecule has 1 N–H and O–H groups in total. The van der Waals surface area contributed by atoms with Gasteiger partial charge in [0.2, 0.25) is 6.41 Å². The van der Waals surface area contributed by atoms with Gasteiger partial charge in [-0.1, -0.05) is 0 Å². The molecule has 0 spiro atoms. The van der Waals surface area contributed by atoms with E-state index < -0.39 is 0 Å². The van der Waals surface area contributed by atoms with Crippen LogP contribution in [-0.4, -0.2) is 16.2 Å². The number of hydrogen-bond acceptors (Lipinski definition) is 2. The lowest BCUT2D eigenvalue weighted by molar-refractivity contribution is -0.109. The normalized spacial score (nSPS) is 9.30.